The van der Waals surface area contributed by atoms with Crippen LogP contribution >= 0.6 is 11.8 Å². The van der Waals surface area contributed by atoms with Crippen LogP contribution in [0.3, 0.4) is 0 Å². The third-order valence-electron chi connectivity index (χ3n) is 8.43. The van der Waals surface area contributed by atoms with Gasteiger partial charge in [0.25, 0.3) is 0 Å². The number of benzene rings is 3. The van der Waals surface area contributed by atoms with E-state index in [1.807, 2.05) is 0 Å². The summed E-state index contributed by atoms with van der Waals surface area (Å²) in [4.78, 5) is 38.0. The third-order valence-corrected chi connectivity index (χ3v) is 9.94. The molecule has 4 atom stereocenters. The van der Waals surface area contributed by atoms with Crippen molar-refractivity contribution in [3.8, 4) is 23.0 Å². The second-order valence-corrected chi connectivity index (χ2v) is 12.0. The number of aliphatic carboxylic acids is 1. The van der Waals surface area contributed by atoms with Gasteiger partial charge in [0.05, 0.1) is 23.6 Å². The van der Waals surface area contributed by atoms with Crippen LogP contribution in [-0.4, -0.2) is 56.4 Å². The molecule has 1 spiro atoms. The average Bonchev–Trinajstić information content (AvgIpc) is 3.57. The van der Waals surface area contributed by atoms with Gasteiger partial charge in [0.1, 0.15) is 23.0 Å². The Bertz CT molecular complexity index is 1570. The first kappa shape index (κ1) is 25.6. The Morgan fingerprint density at radius 3 is 2.39 bits per heavy atom. The number of hydrogen-bond donors (Lipinski definition) is 5. The summed E-state index contributed by atoms with van der Waals surface area (Å²) in [6.45, 7) is 0. The largest absolute Gasteiger partial charge is 0.508 e. The maximum Gasteiger partial charge on any atom is 0.340 e. The summed E-state index contributed by atoms with van der Waals surface area (Å²) in [5, 5.41) is 36.7. The molecule has 10 nitrogen and oxygen atoms in total. The molecule has 7 rings (SSSR count). The Labute approximate surface area is 238 Å². The number of ether oxygens (including phenoxy) is 2. The minimum Gasteiger partial charge on any atom is -0.508 e. The normalized spacial score (nSPS) is 23.4. The Balaban J connectivity index is 1.26. The van der Waals surface area contributed by atoms with Gasteiger partial charge in [-0.2, -0.15) is 11.8 Å². The molecular weight excluding hydrogens is 548 g/mol. The topological polar surface area (TPSA) is 154 Å². The number of carbonyl (C=O) groups is 3. The first-order valence-electron chi connectivity index (χ1n) is 13.4. The molecule has 3 aromatic carbocycles. The number of fused-ring (bicyclic) bond motifs is 7. The number of urea groups is 1. The highest BCUT2D eigenvalue weighted by Gasteiger charge is 2.55. The smallest absolute Gasteiger partial charge is 0.340 e. The Kier molecular flexibility index (Phi) is 5.82. The van der Waals surface area contributed by atoms with E-state index in [-0.39, 0.29) is 51.9 Å². The highest BCUT2D eigenvalue weighted by atomic mass is 32.2. The summed E-state index contributed by atoms with van der Waals surface area (Å²) in [5.41, 5.74) is 0.537. The summed E-state index contributed by atoms with van der Waals surface area (Å²) in [7, 11) is 0. The van der Waals surface area contributed by atoms with E-state index in [0.29, 0.717) is 35.1 Å². The predicted molar refractivity (Wildman–Crippen MR) is 148 cm³/mol. The zero-order valence-corrected chi connectivity index (χ0v) is 22.4. The molecule has 2 amide bonds. The summed E-state index contributed by atoms with van der Waals surface area (Å²) in [5.74, 6) is -1.42. The van der Waals surface area contributed by atoms with Gasteiger partial charge in [-0.1, -0.05) is 24.6 Å². The van der Waals surface area contributed by atoms with Crippen molar-refractivity contribution in [2.45, 2.75) is 48.1 Å². The fraction of sp³-hybridized carbons (Fsp3) is 0.300. The number of phenols is 2. The van der Waals surface area contributed by atoms with E-state index in [2.05, 4.69) is 10.6 Å². The number of aromatic hydroxyl groups is 2. The highest BCUT2D eigenvalue weighted by Crippen LogP contribution is 2.57. The zero-order valence-electron chi connectivity index (χ0n) is 21.6. The van der Waals surface area contributed by atoms with Crippen LogP contribution < -0.4 is 15.4 Å². The molecule has 2 fully saturated rings. The van der Waals surface area contributed by atoms with Gasteiger partial charge < -0.3 is 35.4 Å². The van der Waals surface area contributed by atoms with Crippen molar-refractivity contribution >= 4 is 29.7 Å². The van der Waals surface area contributed by atoms with Crippen molar-refractivity contribution in [1.29, 1.82) is 0 Å². The molecule has 210 valence electrons. The molecule has 0 bridgehead atoms. The molecule has 3 aromatic rings. The van der Waals surface area contributed by atoms with Crippen LogP contribution in [-0.2, 0) is 15.1 Å². The van der Waals surface area contributed by atoms with E-state index in [9.17, 15) is 29.7 Å². The number of carboxylic acid groups (broad SMARTS) is 1. The van der Waals surface area contributed by atoms with E-state index in [1.54, 1.807) is 42.1 Å². The summed E-state index contributed by atoms with van der Waals surface area (Å²) in [6.07, 6.45) is 1.63. The van der Waals surface area contributed by atoms with Gasteiger partial charge in [-0.05, 0) is 42.7 Å². The molecule has 0 saturated carbocycles. The van der Waals surface area contributed by atoms with Crippen LogP contribution in [0.15, 0.2) is 54.6 Å². The fourth-order valence-electron chi connectivity index (χ4n) is 6.64. The van der Waals surface area contributed by atoms with Crippen LogP contribution in [0.2, 0.25) is 0 Å². The number of thioether (sulfide) groups is 1. The van der Waals surface area contributed by atoms with Crippen molar-refractivity contribution in [3.63, 3.8) is 0 Å². The van der Waals surface area contributed by atoms with Gasteiger partial charge in [0.15, 0.2) is 5.60 Å². The molecule has 4 aliphatic rings. The van der Waals surface area contributed by atoms with Gasteiger partial charge in [-0.3, -0.25) is 4.79 Å². The Morgan fingerprint density at radius 1 is 1.00 bits per heavy atom. The van der Waals surface area contributed by atoms with Gasteiger partial charge >= 0.3 is 18.0 Å². The van der Waals surface area contributed by atoms with Crippen LogP contribution in [0.25, 0.3) is 0 Å². The van der Waals surface area contributed by atoms with Crippen molar-refractivity contribution in [2.75, 3.05) is 5.75 Å². The van der Waals surface area contributed by atoms with Crippen molar-refractivity contribution in [1.82, 2.24) is 10.6 Å². The van der Waals surface area contributed by atoms with E-state index in [1.165, 1.54) is 24.3 Å². The van der Waals surface area contributed by atoms with Gasteiger partial charge in [-0.25, -0.2) is 9.59 Å². The number of amides is 2. The molecule has 1 unspecified atom stereocenters. The first-order chi connectivity index (χ1) is 19.8. The lowest BCUT2D eigenvalue weighted by molar-refractivity contribution is -0.139. The molecule has 11 heteroatoms. The molecule has 0 aromatic heterocycles. The van der Waals surface area contributed by atoms with Gasteiger partial charge in [0, 0.05) is 39.8 Å². The maximum absolute atomic E-state index is 13.7. The van der Waals surface area contributed by atoms with Crippen molar-refractivity contribution in [2.24, 2.45) is 0 Å². The Morgan fingerprint density at radius 2 is 1.71 bits per heavy atom. The van der Waals surface area contributed by atoms with Crippen LogP contribution in [0.1, 0.15) is 57.8 Å². The van der Waals surface area contributed by atoms with Crippen molar-refractivity contribution in [3.05, 3.63) is 82.4 Å². The first-order valence-corrected chi connectivity index (χ1v) is 14.4. The molecule has 5 N–H and O–H groups in total. The van der Waals surface area contributed by atoms with Gasteiger partial charge in [0.2, 0.25) is 0 Å². The number of nitrogens with one attached hydrogen (secondary N) is 2. The van der Waals surface area contributed by atoms with Crippen molar-refractivity contribution < 1.29 is 39.2 Å². The van der Waals surface area contributed by atoms with E-state index >= 15 is 0 Å². The van der Waals surface area contributed by atoms with E-state index < -0.39 is 23.5 Å². The van der Waals surface area contributed by atoms with Crippen LogP contribution in [0.5, 0.6) is 23.0 Å². The number of esters is 1. The number of hydrogen-bond acceptors (Lipinski definition) is 8. The average molecular weight is 575 g/mol. The molecule has 2 saturated heterocycles. The quantitative estimate of drug-likeness (QED) is 0.216. The lowest BCUT2D eigenvalue weighted by Gasteiger charge is -2.36. The predicted octanol–water partition coefficient (Wildman–Crippen LogP) is 4.17. The molecule has 0 radical (unpaired) electrons. The number of carbonyl (C=O) groups excluding carboxylic acids is 2. The lowest BCUT2D eigenvalue weighted by atomic mass is 9.76. The van der Waals surface area contributed by atoms with Crippen LogP contribution in [0.4, 0.5) is 4.79 Å². The fourth-order valence-corrected chi connectivity index (χ4v) is 8.18. The minimum atomic E-state index is -1.46. The SMILES string of the molecule is O=C1N[C@H]2[C@H](CS[C@H]2CCCC(C(=O)O)c2cccc3c2C(=O)OC32c3ccc(O)cc3Oc3cc(O)ccc32)N1. The third kappa shape index (κ3) is 3.90. The van der Waals surface area contributed by atoms with E-state index in [0.717, 1.165) is 12.2 Å². The lowest BCUT2D eigenvalue weighted by Crippen LogP contribution is -2.36. The second kappa shape index (κ2) is 9.34. The second-order valence-electron chi connectivity index (χ2n) is 10.7. The maximum atomic E-state index is 13.7. The van der Waals surface area contributed by atoms with Crippen LogP contribution in [0, 0.1) is 0 Å². The number of rotatable bonds is 6. The number of carboxylic acids is 1. The standard InChI is InChI=1S/C30H26N2O8S/c33-14-7-9-18-22(11-14)39-23-12-15(34)8-10-19(23)30(18)20-5-1-3-16(25(20)28(37)40-30)17(27(35)36)4-2-6-24-26-21(13-41-24)31-29(38)32-26/h1,3,5,7-12,17,21,24,26,33-34H,2,4,6,13H2,(H,35,36)(H2,31,32,38)/t17?,21-,24-,26-/m0/s1. The molecule has 4 heterocycles. The molecule has 41 heavy (non-hydrogen) atoms. The summed E-state index contributed by atoms with van der Waals surface area (Å²) in [6, 6.07) is 14.1. The summed E-state index contributed by atoms with van der Waals surface area (Å²) >= 11 is 1.77. The number of phenolic OH excluding ortho intramolecular Hbond substituents is 2. The molecular formula is C30H26N2O8S. The molecule has 0 aliphatic carbocycles. The minimum absolute atomic E-state index is 0.0270. The zero-order chi connectivity index (χ0) is 28.5. The highest BCUT2D eigenvalue weighted by molar-refractivity contribution is 8.00. The monoisotopic (exact) mass is 574 g/mol. The van der Waals surface area contributed by atoms with Gasteiger partial charge in [-0.15, -0.1) is 0 Å². The molecule has 4 aliphatic heterocycles. The van der Waals surface area contributed by atoms with E-state index in [4.69, 9.17) is 9.47 Å². The Hall–Kier alpha value is -4.38. The summed E-state index contributed by atoms with van der Waals surface area (Å²) < 4.78 is 12.2.